The molecular formula is C16H29Cl2N3O. The highest BCUT2D eigenvalue weighted by Crippen LogP contribution is 2.09. The average molecular weight is 350 g/mol. The molecule has 6 heteroatoms. The summed E-state index contributed by atoms with van der Waals surface area (Å²) in [6, 6.07) is 8.89. The van der Waals surface area contributed by atoms with Gasteiger partial charge in [-0.1, -0.05) is 24.3 Å². The molecule has 1 rings (SSSR count). The van der Waals surface area contributed by atoms with E-state index < -0.39 is 0 Å². The molecule has 0 aromatic heterocycles. The summed E-state index contributed by atoms with van der Waals surface area (Å²) in [5.41, 5.74) is 7.80. The summed E-state index contributed by atoms with van der Waals surface area (Å²) in [5, 5.41) is 2.93. The maximum absolute atomic E-state index is 11.6. The third kappa shape index (κ3) is 9.26. The van der Waals surface area contributed by atoms with Crippen LogP contribution in [0.2, 0.25) is 0 Å². The van der Waals surface area contributed by atoms with Crippen molar-refractivity contribution in [1.82, 2.24) is 10.2 Å². The molecule has 0 radical (unpaired) electrons. The van der Waals surface area contributed by atoms with Crippen LogP contribution in [0.1, 0.15) is 37.8 Å². The minimum Gasteiger partial charge on any atom is -0.352 e. The molecule has 0 saturated heterocycles. The molecule has 0 aliphatic rings. The van der Waals surface area contributed by atoms with Crippen LogP contribution in [0.5, 0.6) is 0 Å². The second-order valence-corrected chi connectivity index (χ2v) is 5.50. The fourth-order valence-corrected chi connectivity index (χ4v) is 1.86. The van der Waals surface area contributed by atoms with Crippen LogP contribution >= 0.6 is 24.8 Å². The van der Waals surface area contributed by atoms with E-state index in [2.05, 4.69) is 43.2 Å². The molecule has 0 unspecified atom stereocenters. The number of nitrogens with one attached hydrogen (secondary N) is 1. The number of hydrogen-bond acceptors (Lipinski definition) is 3. The Hall–Kier alpha value is -0.810. The number of amides is 1. The van der Waals surface area contributed by atoms with Crippen molar-refractivity contribution < 1.29 is 4.79 Å². The quantitative estimate of drug-likeness (QED) is 0.758. The fraction of sp³-hybridized carbons (Fsp3) is 0.562. The number of hydrogen-bond donors (Lipinski definition) is 2. The first-order valence-electron chi connectivity index (χ1n) is 7.27. The molecule has 22 heavy (non-hydrogen) atoms. The Morgan fingerprint density at radius 1 is 1.27 bits per heavy atom. The van der Waals surface area contributed by atoms with E-state index >= 15 is 0 Å². The molecule has 1 aromatic rings. The average Bonchev–Trinajstić information content (AvgIpc) is 2.43. The number of nitrogens with two attached hydrogens (primary N) is 1. The largest absolute Gasteiger partial charge is 0.352 e. The lowest BCUT2D eigenvalue weighted by Crippen LogP contribution is -2.26. The molecule has 128 valence electrons. The zero-order chi connectivity index (χ0) is 15.0. The first kappa shape index (κ1) is 23.5. The van der Waals surface area contributed by atoms with E-state index in [1.165, 1.54) is 5.56 Å². The van der Waals surface area contributed by atoms with Crippen molar-refractivity contribution in [2.75, 3.05) is 13.6 Å². The normalized spacial score (nSPS) is 10.1. The van der Waals surface area contributed by atoms with Gasteiger partial charge in [0, 0.05) is 25.6 Å². The SMILES string of the molecule is CC(C)N(C)Cc1cccc(CNC(=O)CCCN)c1.Cl.Cl. The van der Waals surface area contributed by atoms with Crippen molar-refractivity contribution in [2.24, 2.45) is 5.73 Å². The number of carbonyl (C=O) groups is 1. The number of halogens is 2. The van der Waals surface area contributed by atoms with Crippen molar-refractivity contribution in [2.45, 2.75) is 45.8 Å². The van der Waals surface area contributed by atoms with Crippen molar-refractivity contribution >= 4 is 30.7 Å². The minimum atomic E-state index is 0. The number of rotatable bonds is 8. The summed E-state index contributed by atoms with van der Waals surface area (Å²) in [4.78, 5) is 13.8. The van der Waals surface area contributed by atoms with Gasteiger partial charge in [0.05, 0.1) is 0 Å². The van der Waals surface area contributed by atoms with Crippen LogP contribution < -0.4 is 11.1 Å². The molecule has 0 atom stereocenters. The minimum absolute atomic E-state index is 0. The van der Waals surface area contributed by atoms with E-state index in [0.29, 0.717) is 25.6 Å². The van der Waals surface area contributed by atoms with Gasteiger partial charge in [-0.25, -0.2) is 0 Å². The Labute approximate surface area is 146 Å². The molecule has 0 fully saturated rings. The van der Waals surface area contributed by atoms with Gasteiger partial charge < -0.3 is 11.1 Å². The Bertz CT molecular complexity index is 428. The summed E-state index contributed by atoms with van der Waals surface area (Å²) in [6.07, 6.45) is 1.25. The molecule has 0 aliphatic heterocycles. The van der Waals surface area contributed by atoms with E-state index in [9.17, 15) is 4.79 Å². The molecule has 0 bridgehead atoms. The topological polar surface area (TPSA) is 58.4 Å². The van der Waals surface area contributed by atoms with Crippen LogP contribution in [0.15, 0.2) is 24.3 Å². The lowest BCUT2D eigenvalue weighted by atomic mass is 10.1. The molecule has 0 heterocycles. The zero-order valence-electron chi connectivity index (χ0n) is 13.7. The van der Waals surface area contributed by atoms with Crippen LogP contribution in [0.4, 0.5) is 0 Å². The summed E-state index contributed by atoms with van der Waals surface area (Å²) >= 11 is 0. The second kappa shape index (κ2) is 12.7. The molecule has 3 N–H and O–H groups in total. The molecule has 4 nitrogen and oxygen atoms in total. The lowest BCUT2D eigenvalue weighted by Gasteiger charge is -2.21. The Balaban J connectivity index is 0. The molecule has 1 amide bonds. The smallest absolute Gasteiger partial charge is 0.220 e. The van der Waals surface area contributed by atoms with Crippen molar-refractivity contribution in [3.05, 3.63) is 35.4 Å². The molecular weight excluding hydrogens is 321 g/mol. The molecule has 0 aliphatic carbocycles. The van der Waals surface area contributed by atoms with Crippen LogP contribution in [0, 0.1) is 0 Å². The standard InChI is InChI=1S/C16H27N3O.2ClH/c1-13(2)19(3)12-15-7-4-6-14(10-15)11-18-16(20)8-5-9-17;;/h4,6-7,10,13H,5,8-9,11-12,17H2,1-3H3,(H,18,20);2*1H. The maximum atomic E-state index is 11.6. The van der Waals surface area contributed by atoms with Crippen LogP contribution in [0.25, 0.3) is 0 Å². The third-order valence-electron chi connectivity index (χ3n) is 3.40. The Kier molecular flexibility index (Phi) is 13.5. The first-order chi connectivity index (χ1) is 9.52. The van der Waals surface area contributed by atoms with Gasteiger partial charge in [0.15, 0.2) is 0 Å². The van der Waals surface area contributed by atoms with Crippen molar-refractivity contribution in [1.29, 1.82) is 0 Å². The predicted molar refractivity (Wildman–Crippen MR) is 97.7 cm³/mol. The maximum Gasteiger partial charge on any atom is 0.220 e. The Morgan fingerprint density at radius 2 is 1.91 bits per heavy atom. The van der Waals surface area contributed by atoms with E-state index in [1.807, 2.05) is 12.1 Å². The molecule has 0 spiro atoms. The number of nitrogens with zero attached hydrogens (tertiary/aromatic N) is 1. The van der Waals surface area contributed by atoms with E-state index in [1.54, 1.807) is 0 Å². The highest BCUT2D eigenvalue weighted by Gasteiger charge is 2.05. The third-order valence-corrected chi connectivity index (χ3v) is 3.40. The number of carbonyl (C=O) groups excluding carboxylic acids is 1. The first-order valence-corrected chi connectivity index (χ1v) is 7.27. The zero-order valence-corrected chi connectivity index (χ0v) is 15.3. The molecule has 1 aromatic carbocycles. The highest BCUT2D eigenvalue weighted by molar-refractivity contribution is 5.85. The summed E-state index contributed by atoms with van der Waals surface area (Å²) in [6.45, 7) is 6.43. The summed E-state index contributed by atoms with van der Waals surface area (Å²) < 4.78 is 0. The van der Waals surface area contributed by atoms with Crippen molar-refractivity contribution in [3.63, 3.8) is 0 Å². The second-order valence-electron chi connectivity index (χ2n) is 5.50. The van der Waals surface area contributed by atoms with Crippen molar-refractivity contribution in [3.8, 4) is 0 Å². The van der Waals surface area contributed by atoms with Gasteiger partial charge >= 0.3 is 0 Å². The number of benzene rings is 1. The van der Waals surface area contributed by atoms with E-state index in [-0.39, 0.29) is 30.7 Å². The van der Waals surface area contributed by atoms with Crippen LogP contribution in [0.3, 0.4) is 0 Å². The van der Waals surface area contributed by atoms with Crippen LogP contribution in [-0.2, 0) is 17.9 Å². The van der Waals surface area contributed by atoms with Gasteiger partial charge in [-0.05, 0) is 45.0 Å². The Morgan fingerprint density at radius 3 is 2.50 bits per heavy atom. The highest BCUT2D eigenvalue weighted by atomic mass is 35.5. The van der Waals surface area contributed by atoms with Gasteiger partial charge in [0.2, 0.25) is 5.91 Å². The van der Waals surface area contributed by atoms with Gasteiger partial charge in [-0.2, -0.15) is 0 Å². The van der Waals surface area contributed by atoms with E-state index in [0.717, 1.165) is 18.5 Å². The summed E-state index contributed by atoms with van der Waals surface area (Å²) in [5.74, 6) is 0.0696. The van der Waals surface area contributed by atoms with Gasteiger partial charge in [0.1, 0.15) is 0 Å². The molecule has 0 saturated carbocycles. The van der Waals surface area contributed by atoms with Gasteiger partial charge in [0.25, 0.3) is 0 Å². The monoisotopic (exact) mass is 349 g/mol. The van der Waals surface area contributed by atoms with Gasteiger partial charge in [-0.3, -0.25) is 9.69 Å². The predicted octanol–water partition coefficient (Wildman–Crippen LogP) is 2.73. The lowest BCUT2D eigenvalue weighted by molar-refractivity contribution is -0.121. The summed E-state index contributed by atoms with van der Waals surface area (Å²) in [7, 11) is 2.12. The fourth-order valence-electron chi connectivity index (χ4n) is 1.86. The van der Waals surface area contributed by atoms with E-state index in [4.69, 9.17) is 5.73 Å². The van der Waals surface area contributed by atoms with Crippen LogP contribution in [-0.4, -0.2) is 30.4 Å². The van der Waals surface area contributed by atoms with Gasteiger partial charge in [-0.15, -0.1) is 24.8 Å².